The highest BCUT2D eigenvalue weighted by Gasteiger charge is 2.05. The fourth-order valence-corrected chi connectivity index (χ4v) is 1.72. The second-order valence-electron chi connectivity index (χ2n) is 4.48. The number of para-hydroxylation sites is 1. The van der Waals surface area contributed by atoms with Gasteiger partial charge in [0.15, 0.2) is 0 Å². The fraction of sp³-hybridized carbons (Fsp3) is 0.0667. The van der Waals surface area contributed by atoms with Crippen molar-refractivity contribution in [3.63, 3.8) is 0 Å². The zero-order valence-electron chi connectivity index (χ0n) is 11.9. The molecule has 0 radical (unpaired) electrons. The minimum atomic E-state index is -0.520. The molecular formula is C15H13FN4O3. The summed E-state index contributed by atoms with van der Waals surface area (Å²) in [6.45, 7) is -0.160. The van der Waals surface area contributed by atoms with E-state index in [2.05, 4.69) is 15.8 Å². The molecule has 1 amide bonds. The minimum Gasteiger partial charge on any atom is -0.374 e. The Morgan fingerprint density at radius 1 is 1.26 bits per heavy atom. The number of non-ortho nitro benzene ring substituents is 1. The zero-order chi connectivity index (χ0) is 16.7. The van der Waals surface area contributed by atoms with Crippen molar-refractivity contribution < 1.29 is 14.1 Å². The van der Waals surface area contributed by atoms with Crippen LogP contribution in [0.15, 0.2) is 53.6 Å². The van der Waals surface area contributed by atoms with E-state index >= 15 is 0 Å². The first-order valence-corrected chi connectivity index (χ1v) is 6.61. The number of nitro groups is 1. The second kappa shape index (κ2) is 7.64. The quantitative estimate of drug-likeness (QED) is 0.485. The van der Waals surface area contributed by atoms with E-state index in [1.165, 1.54) is 36.5 Å². The maximum atomic E-state index is 13.3. The van der Waals surface area contributed by atoms with Crippen LogP contribution in [0.1, 0.15) is 5.56 Å². The molecule has 0 saturated carbocycles. The normalized spacial score (nSPS) is 10.5. The van der Waals surface area contributed by atoms with E-state index < -0.39 is 16.6 Å². The number of hydrogen-bond donors (Lipinski definition) is 2. The molecule has 0 unspecified atom stereocenters. The average Bonchev–Trinajstić information content (AvgIpc) is 2.54. The highest BCUT2D eigenvalue weighted by molar-refractivity contribution is 5.84. The van der Waals surface area contributed by atoms with E-state index in [4.69, 9.17) is 0 Å². The van der Waals surface area contributed by atoms with Crippen LogP contribution in [0.4, 0.5) is 15.8 Å². The van der Waals surface area contributed by atoms with Gasteiger partial charge >= 0.3 is 0 Å². The van der Waals surface area contributed by atoms with Crippen molar-refractivity contribution in [2.24, 2.45) is 5.10 Å². The van der Waals surface area contributed by atoms with Crippen LogP contribution >= 0.6 is 0 Å². The van der Waals surface area contributed by atoms with Crippen LogP contribution in [0.25, 0.3) is 0 Å². The van der Waals surface area contributed by atoms with Crippen LogP contribution in [0.3, 0.4) is 0 Å². The lowest BCUT2D eigenvalue weighted by molar-refractivity contribution is -0.384. The first-order chi connectivity index (χ1) is 11.1. The monoisotopic (exact) mass is 316 g/mol. The molecule has 0 aromatic heterocycles. The van der Waals surface area contributed by atoms with Gasteiger partial charge in [-0.1, -0.05) is 24.3 Å². The zero-order valence-corrected chi connectivity index (χ0v) is 11.9. The van der Waals surface area contributed by atoms with Crippen molar-refractivity contribution in [2.45, 2.75) is 0 Å². The van der Waals surface area contributed by atoms with Gasteiger partial charge in [0.2, 0.25) is 0 Å². The maximum Gasteiger partial charge on any atom is 0.270 e. The molecule has 7 nitrogen and oxygen atoms in total. The van der Waals surface area contributed by atoms with Crippen LogP contribution in [-0.2, 0) is 4.79 Å². The number of carbonyl (C=O) groups excluding carboxylic acids is 1. The van der Waals surface area contributed by atoms with E-state index in [0.717, 1.165) is 0 Å². The van der Waals surface area contributed by atoms with E-state index in [9.17, 15) is 19.3 Å². The van der Waals surface area contributed by atoms with Gasteiger partial charge < -0.3 is 5.32 Å². The molecule has 0 heterocycles. The maximum absolute atomic E-state index is 13.3. The molecule has 0 aliphatic heterocycles. The van der Waals surface area contributed by atoms with Gasteiger partial charge in [-0.2, -0.15) is 5.10 Å². The molecule has 0 bridgehead atoms. The predicted molar refractivity (Wildman–Crippen MR) is 83.7 cm³/mol. The van der Waals surface area contributed by atoms with Crippen molar-refractivity contribution >= 4 is 23.5 Å². The number of hydrogen-bond acceptors (Lipinski definition) is 5. The number of hydrazone groups is 1. The molecule has 2 aromatic rings. The summed E-state index contributed by atoms with van der Waals surface area (Å²) in [7, 11) is 0. The molecule has 0 aliphatic carbocycles. The van der Waals surface area contributed by atoms with Crippen LogP contribution in [0.2, 0.25) is 0 Å². The lowest BCUT2D eigenvalue weighted by Gasteiger charge is -2.05. The third-order valence-electron chi connectivity index (χ3n) is 2.80. The van der Waals surface area contributed by atoms with Gasteiger partial charge in [0.25, 0.3) is 11.6 Å². The summed E-state index contributed by atoms with van der Waals surface area (Å²) in [5.74, 6) is -0.935. The highest BCUT2D eigenvalue weighted by Crippen LogP contribution is 2.12. The molecular weight excluding hydrogens is 303 g/mol. The summed E-state index contributed by atoms with van der Waals surface area (Å²) in [5.41, 5.74) is 2.86. The van der Waals surface area contributed by atoms with Gasteiger partial charge in [0.1, 0.15) is 5.82 Å². The van der Waals surface area contributed by atoms with Crippen molar-refractivity contribution in [1.29, 1.82) is 0 Å². The first-order valence-electron chi connectivity index (χ1n) is 6.61. The Balaban J connectivity index is 1.85. The highest BCUT2D eigenvalue weighted by atomic mass is 19.1. The van der Waals surface area contributed by atoms with Crippen molar-refractivity contribution in [3.8, 4) is 0 Å². The van der Waals surface area contributed by atoms with E-state index in [0.29, 0.717) is 5.56 Å². The molecule has 0 fully saturated rings. The topological polar surface area (TPSA) is 96.6 Å². The molecule has 2 aromatic carbocycles. The largest absolute Gasteiger partial charge is 0.374 e. The number of benzene rings is 2. The second-order valence-corrected chi connectivity index (χ2v) is 4.48. The predicted octanol–water partition coefficient (Wildman–Crippen LogP) is 2.30. The molecule has 8 heteroatoms. The van der Waals surface area contributed by atoms with Gasteiger partial charge in [0.05, 0.1) is 23.4 Å². The third kappa shape index (κ3) is 4.88. The Morgan fingerprint density at radius 3 is 2.78 bits per heavy atom. The Morgan fingerprint density at radius 2 is 2.04 bits per heavy atom. The molecule has 2 N–H and O–H groups in total. The molecule has 2 rings (SSSR count). The van der Waals surface area contributed by atoms with E-state index in [-0.39, 0.29) is 17.9 Å². The van der Waals surface area contributed by atoms with Gasteiger partial charge in [-0.3, -0.25) is 14.9 Å². The van der Waals surface area contributed by atoms with Crippen molar-refractivity contribution in [1.82, 2.24) is 5.43 Å². The Kier molecular flexibility index (Phi) is 5.35. The Bertz CT molecular complexity index is 749. The molecule has 23 heavy (non-hydrogen) atoms. The summed E-state index contributed by atoms with van der Waals surface area (Å²) in [4.78, 5) is 21.7. The van der Waals surface area contributed by atoms with E-state index in [1.54, 1.807) is 18.2 Å². The number of carbonyl (C=O) groups is 1. The van der Waals surface area contributed by atoms with Crippen LogP contribution in [0.5, 0.6) is 0 Å². The summed E-state index contributed by atoms with van der Waals surface area (Å²) in [6.07, 6.45) is 1.29. The summed E-state index contributed by atoms with van der Waals surface area (Å²) >= 11 is 0. The van der Waals surface area contributed by atoms with Crippen LogP contribution in [-0.4, -0.2) is 23.6 Å². The fourth-order valence-electron chi connectivity index (χ4n) is 1.72. The van der Waals surface area contributed by atoms with Gasteiger partial charge in [-0.05, 0) is 12.1 Å². The van der Waals surface area contributed by atoms with Crippen molar-refractivity contribution in [3.05, 3.63) is 70.0 Å². The number of halogens is 1. The third-order valence-corrected chi connectivity index (χ3v) is 2.80. The number of nitrogens with zero attached hydrogens (tertiary/aromatic N) is 2. The summed E-state index contributed by atoms with van der Waals surface area (Å²) in [5, 5.41) is 17.0. The number of anilines is 1. The number of nitro benzene ring substituents is 1. The summed E-state index contributed by atoms with van der Waals surface area (Å²) in [6, 6.07) is 11.8. The number of amides is 1. The molecule has 118 valence electrons. The average molecular weight is 316 g/mol. The Hall–Kier alpha value is -3.29. The lowest BCUT2D eigenvalue weighted by Crippen LogP contribution is -2.26. The van der Waals surface area contributed by atoms with Crippen LogP contribution < -0.4 is 10.7 Å². The minimum absolute atomic E-state index is 0.0681. The molecule has 0 saturated heterocycles. The number of rotatable bonds is 6. The lowest BCUT2D eigenvalue weighted by atomic mass is 10.2. The first kappa shape index (κ1) is 16.1. The standard InChI is InChI=1S/C15H13FN4O3/c16-13-6-1-2-7-14(13)17-10-15(21)19-18-9-11-4-3-5-12(8-11)20(22)23/h1-9,17H,10H2,(H,19,21). The molecule has 0 atom stereocenters. The Labute approximate surface area is 131 Å². The van der Waals surface area contributed by atoms with Gasteiger partial charge in [0, 0.05) is 17.7 Å². The SMILES string of the molecule is O=C(CNc1ccccc1F)NN=Cc1cccc([N+](=O)[O-])c1. The van der Waals surface area contributed by atoms with Gasteiger partial charge in [-0.15, -0.1) is 0 Å². The number of nitrogens with one attached hydrogen (secondary N) is 2. The van der Waals surface area contributed by atoms with Crippen molar-refractivity contribution in [2.75, 3.05) is 11.9 Å². The smallest absolute Gasteiger partial charge is 0.270 e. The summed E-state index contributed by atoms with van der Waals surface area (Å²) < 4.78 is 13.3. The van der Waals surface area contributed by atoms with Crippen LogP contribution in [0, 0.1) is 15.9 Å². The van der Waals surface area contributed by atoms with Gasteiger partial charge in [-0.25, -0.2) is 9.82 Å². The van der Waals surface area contributed by atoms with E-state index in [1.807, 2.05) is 0 Å². The molecule has 0 spiro atoms. The molecule has 0 aliphatic rings.